The van der Waals surface area contributed by atoms with Crippen molar-refractivity contribution in [1.29, 1.82) is 0 Å². The third kappa shape index (κ3) is 4.42. The van der Waals surface area contributed by atoms with E-state index >= 15 is 0 Å². The highest BCUT2D eigenvalue weighted by Gasteiger charge is 2.01. The monoisotopic (exact) mass is 317 g/mol. The molecule has 1 aromatic carbocycles. The second kappa shape index (κ2) is 7.73. The van der Waals surface area contributed by atoms with E-state index in [0.29, 0.717) is 5.92 Å². The first-order valence-electron chi connectivity index (χ1n) is 8.41. The van der Waals surface area contributed by atoms with Gasteiger partial charge >= 0.3 is 0 Å². The van der Waals surface area contributed by atoms with Gasteiger partial charge in [-0.05, 0) is 54.2 Å². The third-order valence-electron chi connectivity index (χ3n) is 4.09. The standard InChI is InChI=1S/C21H23N3/c1-16(2)18-8-5-17(6-9-18)7-10-19-11-12-21(15-23-19)24-20-4-3-13-22-14-20/h3-6,8-9,11-16,24H,7,10H2,1-2H3. The summed E-state index contributed by atoms with van der Waals surface area (Å²) in [5.74, 6) is 0.584. The second-order valence-electron chi connectivity index (χ2n) is 6.30. The number of benzene rings is 1. The van der Waals surface area contributed by atoms with Gasteiger partial charge in [-0.1, -0.05) is 38.1 Å². The summed E-state index contributed by atoms with van der Waals surface area (Å²) in [6.45, 7) is 4.44. The maximum absolute atomic E-state index is 4.55. The number of anilines is 2. The molecule has 3 aromatic rings. The van der Waals surface area contributed by atoms with E-state index in [1.54, 1.807) is 12.4 Å². The third-order valence-corrected chi connectivity index (χ3v) is 4.09. The second-order valence-corrected chi connectivity index (χ2v) is 6.30. The van der Waals surface area contributed by atoms with E-state index < -0.39 is 0 Å². The molecule has 3 heteroatoms. The minimum Gasteiger partial charge on any atom is -0.353 e. The van der Waals surface area contributed by atoms with Crippen molar-refractivity contribution < 1.29 is 0 Å². The Bertz CT molecular complexity index is 747. The number of hydrogen-bond acceptors (Lipinski definition) is 3. The van der Waals surface area contributed by atoms with Gasteiger partial charge in [-0.15, -0.1) is 0 Å². The number of hydrogen-bond donors (Lipinski definition) is 1. The molecule has 24 heavy (non-hydrogen) atoms. The van der Waals surface area contributed by atoms with E-state index in [2.05, 4.69) is 65.5 Å². The Hall–Kier alpha value is -2.68. The van der Waals surface area contributed by atoms with Crippen molar-refractivity contribution in [3.8, 4) is 0 Å². The Morgan fingerprint density at radius 3 is 2.29 bits per heavy atom. The Morgan fingerprint density at radius 2 is 1.67 bits per heavy atom. The molecular weight excluding hydrogens is 294 g/mol. The van der Waals surface area contributed by atoms with E-state index in [4.69, 9.17) is 0 Å². The zero-order valence-corrected chi connectivity index (χ0v) is 14.2. The summed E-state index contributed by atoms with van der Waals surface area (Å²) in [5, 5.41) is 3.30. The van der Waals surface area contributed by atoms with Crippen LogP contribution in [0.5, 0.6) is 0 Å². The smallest absolute Gasteiger partial charge is 0.0571 e. The SMILES string of the molecule is CC(C)c1ccc(CCc2ccc(Nc3cccnc3)cn2)cc1. The van der Waals surface area contributed by atoms with Crippen LogP contribution in [0.3, 0.4) is 0 Å². The Labute approximate surface area is 143 Å². The normalized spacial score (nSPS) is 10.8. The van der Waals surface area contributed by atoms with Crippen LogP contribution in [-0.4, -0.2) is 9.97 Å². The van der Waals surface area contributed by atoms with Gasteiger partial charge in [-0.2, -0.15) is 0 Å². The van der Waals surface area contributed by atoms with Gasteiger partial charge in [-0.25, -0.2) is 0 Å². The molecule has 122 valence electrons. The fraction of sp³-hybridized carbons (Fsp3) is 0.238. The first kappa shape index (κ1) is 16.2. The lowest BCUT2D eigenvalue weighted by molar-refractivity contribution is 0.860. The lowest BCUT2D eigenvalue weighted by atomic mass is 10.00. The lowest BCUT2D eigenvalue weighted by Crippen LogP contribution is -1.97. The minimum absolute atomic E-state index is 0.584. The fourth-order valence-corrected chi connectivity index (χ4v) is 2.59. The molecule has 0 fully saturated rings. The number of aromatic nitrogens is 2. The number of nitrogens with zero attached hydrogens (tertiary/aromatic N) is 2. The number of aryl methyl sites for hydroxylation is 2. The first-order chi connectivity index (χ1) is 11.7. The molecule has 0 saturated heterocycles. The predicted octanol–water partition coefficient (Wildman–Crippen LogP) is 5.13. The number of nitrogens with one attached hydrogen (secondary N) is 1. The van der Waals surface area contributed by atoms with E-state index in [9.17, 15) is 0 Å². The summed E-state index contributed by atoms with van der Waals surface area (Å²) < 4.78 is 0. The van der Waals surface area contributed by atoms with E-state index in [1.165, 1.54) is 11.1 Å². The van der Waals surface area contributed by atoms with Gasteiger partial charge in [0.05, 0.1) is 23.8 Å². The highest BCUT2D eigenvalue weighted by Crippen LogP contribution is 2.17. The molecule has 0 aliphatic heterocycles. The Balaban J connectivity index is 1.56. The maximum atomic E-state index is 4.55. The summed E-state index contributed by atoms with van der Waals surface area (Å²) >= 11 is 0. The lowest BCUT2D eigenvalue weighted by Gasteiger charge is -2.08. The quantitative estimate of drug-likeness (QED) is 0.685. The molecule has 2 heterocycles. The van der Waals surface area contributed by atoms with Crippen molar-refractivity contribution in [2.75, 3.05) is 5.32 Å². The summed E-state index contributed by atoms with van der Waals surface area (Å²) in [5.41, 5.74) is 5.81. The van der Waals surface area contributed by atoms with Gasteiger partial charge in [0.1, 0.15) is 0 Å². The van der Waals surface area contributed by atoms with Gasteiger partial charge in [0.25, 0.3) is 0 Å². The van der Waals surface area contributed by atoms with Crippen LogP contribution >= 0.6 is 0 Å². The Morgan fingerprint density at radius 1 is 0.875 bits per heavy atom. The molecule has 0 radical (unpaired) electrons. The summed E-state index contributed by atoms with van der Waals surface area (Å²) in [4.78, 5) is 8.65. The van der Waals surface area contributed by atoms with Crippen molar-refractivity contribution in [2.45, 2.75) is 32.6 Å². The Kier molecular flexibility index (Phi) is 5.22. The first-order valence-corrected chi connectivity index (χ1v) is 8.41. The molecule has 3 rings (SSSR count). The van der Waals surface area contributed by atoms with Gasteiger partial charge < -0.3 is 5.32 Å². The number of pyridine rings is 2. The van der Waals surface area contributed by atoms with E-state index in [-0.39, 0.29) is 0 Å². The minimum atomic E-state index is 0.584. The highest BCUT2D eigenvalue weighted by molar-refractivity contribution is 5.57. The largest absolute Gasteiger partial charge is 0.353 e. The van der Waals surface area contributed by atoms with Crippen LogP contribution in [0.4, 0.5) is 11.4 Å². The van der Waals surface area contributed by atoms with Crippen molar-refractivity contribution in [3.05, 3.63) is 83.9 Å². The molecular formula is C21H23N3. The van der Waals surface area contributed by atoms with Crippen molar-refractivity contribution in [2.24, 2.45) is 0 Å². The zero-order chi connectivity index (χ0) is 16.8. The predicted molar refractivity (Wildman–Crippen MR) is 99.7 cm³/mol. The van der Waals surface area contributed by atoms with Gasteiger partial charge in [0.15, 0.2) is 0 Å². The van der Waals surface area contributed by atoms with Gasteiger partial charge in [0.2, 0.25) is 0 Å². The summed E-state index contributed by atoms with van der Waals surface area (Å²) in [6.07, 6.45) is 7.41. The van der Waals surface area contributed by atoms with Crippen molar-refractivity contribution >= 4 is 11.4 Å². The zero-order valence-electron chi connectivity index (χ0n) is 14.2. The fourth-order valence-electron chi connectivity index (χ4n) is 2.59. The summed E-state index contributed by atoms with van der Waals surface area (Å²) in [6, 6.07) is 17.0. The van der Waals surface area contributed by atoms with Gasteiger partial charge in [-0.3, -0.25) is 9.97 Å². The van der Waals surface area contributed by atoms with Gasteiger partial charge in [0, 0.05) is 11.9 Å². The summed E-state index contributed by atoms with van der Waals surface area (Å²) in [7, 11) is 0. The molecule has 0 aliphatic rings. The molecule has 0 amide bonds. The average Bonchev–Trinajstić information content (AvgIpc) is 2.62. The molecule has 0 spiro atoms. The van der Waals surface area contributed by atoms with Crippen LogP contribution in [-0.2, 0) is 12.8 Å². The molecule has 0 saturated carbocycles. The van der Waals surface area contributed by atoms with Crippen LogP contribution in [0.25, 0.3) is 0 Å². The molecule has 0 bridgehead atoms. The maximum Gasteiger partial charge on any atom is 0.0571 e. The van der Waals surface area contributed by atoms with Crippen LogP contribution in [0.2, 0.25) is 0 Å². The number of rotatable bonds is 6. The average molecular weight is 317 g/mol. The van der Waals surface area contributed by atoms with Crippen LogP contribution in [0.1, 0.15) is 36.6 Å². The molecule has 0 aliphatic carbocycles. The molecule has 3 nitrogen and oxygen atoms in total. The van der Waals surface area contributed by atoms with Crippen LogP contribution in [0, 0.1) is 0 Å². The highest BCUT2D eigenvalue weighted by atomic mass is 14.9. The topological polar surface area (TPSA) is 37.8 Å². The van der Waals surface area contributed by atoms with E-state index in [0.717, 1.165) is 29.9 Å². The molecule has 0 unspecified atom stereocenters. The molecule has 1 N–H and O–H groups in total. The van der Waals surface area contributed by atoms with E-state index in [1.807, 2.05) is 18.3 Å². The van der Waals surface area contributed by atoms with Crippen LogP contribution in [0.15, 0.2) is 67.1 Å². The van der Waals surface area contributed by atoms with Crippen molar-refractivity contribution in [1.82, 2.24) is 9.97 Å². The van der Waals surface area contributed by atoms with Crippen LogP contribution < -0.4 is 5.32 Å². The van der Waals surface area contributed by atoms with Crippen molar-refractivity contribution in [3.63, 3.8) is 0 Å². The molecule has 2 aromatic heterocycles. The molecule has 0 atom stereocenters.